The molecule has 0 atom stereocenters. The van der Waals surface area contributed by atoms with Gasteiger partial charge in [0.2, 0.25) is 0 Å². The Kier molecular flexibility index (Phi) is 4.90. The van der Waals surface area contributed by atoms with E-state index in [0.717, 1.165) is 43.6 Å². The molecule has 1 aliphatic rings. The van der Waals surface area contributed by atoms with Gasteiger partial charge in [0, 0.05) is 25.2 Å². The highest BCUT2D eigenvalue weighted by atomic mass is 16.5. The third-order valence-corrected chi connectivity index (χ3v) is 3.55. The monoisotopic (exact) mass is 247 g/mol. The molecule has 0 aliphatic carbocycles. The molecule has 2 rings (SSSR count). The van der Waals surface area contributed by atoms with Crippen molar-refractivity contribution in [3.63, 3.8) is 0 Å². The van der Waals surface area contributed by atoms with Crippen LogP contribution in [0.4, 0.5) is 0 Å². The van der Waals surface area contributed by atoms with E-state index in [9.17, 15) is 4.79 Å². The molecule has 0 aromatic heterocycles. The molecule has 1 saturated heterocycles. The Labute approximate surface area is 108 Å². The van der Waals surface area contributed by atoms with Crippen LogP contribution in [0.5, 0.6) is 0 Å². The average Bonchev–Trinajstić information content (AvgIpc) is 2.41. The van der Waals surface area contributed by atoms with Gasteiger partial charge in [-0.05, 0) is 37.3 Å². The number of hydrogen-bond acceptors (Lipinski definition) is 3. The number of ketones is 1. The molecule has 18 heavy (non-hydrogen) atoms. The highest BCUT2D eigenvalue weighted by Gasteiger charge is 2.19. The maximum absolute atomic E-state index is 12.3. The summed E-state index contributed by atoms with van der Waals surface area (Å²) in [6.45, 7) is 2.17. The Morgan fingerprint density at radius 2 is 2.00 bits per heavy atom. The third-order valence-electron chi connectivity index (χ3n) is 3.55. The zero-order chi connectivity index (χ0) is 12.8. The SMILES string of the molecule is NCCc1ccccc1C(=O)CC1CCOCC1. The Balaban J connectivity index is 2.03. The van der Waals surface area contributed by atoms with Gasteiger partial charge in [-0.1, -0.05) is 24.3 Å². The van der Waals surface area contributed by atoms with Gasteiger partial charge in [0.05, 0.1) is 0 Å². The van der Waals surface area contributed by atoms with Crippen LogP contribution in [0.25, 0.3) is 0 Å². The first-order valence-corrected chi connectivity index (χ1v) is 6.70. The van der Waals surface area contributed by atoms with Crippen LogP contribution in [0.3, 0.4) is 0 Å². The van der Waals surface area contributed by atoms with Gasteiger partial charge < -0.3 is 10.5 Å². The lowest BCUT2D eigenvalue weighted by atomic mass is 9.90. The molecule has 3 nitrogen and oxygen atoms in total. The molecular formula is C15H21NO2. The molecule has 0 radical (unpaired) electrons. The molecule has 0 saturated carbocycles. The number of hydrogen-bond donors (Lipinski definition) is 1. The van der Waals surface area contributed by atoms with E-state index in [2.05, 4.69) is 0 Å². The Morgan fingerprint density at radius 1 is 1.28 bits per heavy atom. The maximum atomic E-state index is 12.3. The van der Waals surface area contributed by atoms with Crippen LogP contribution < -0.4 is 5.73 Å². The number of Topliss-reactive ketones (excluding diaryl/α,β-unsaturated/α-hetero) is 1. The molecule has 1 heterocycles. The molecule has 1 aromatic rings. The van der Waals surface area contributed by atoms with E-state index in [-0.39, 0.29) is 5.78 Å². The van der Waals surface area contributed by atoms with Crippen molar-refractivity contribution < 1.29 is 9.53 Å². The highest BCUT2D eigenvalue weighted by Crippen LogP contribution is 2.22. The second-order valence-corrected chi connectivity index (χ2v) is 4.88. The van der Waals surface area contributed by atoms with Crippen molar-refractivity contribution in [2.45, 2.75) is 25.7 Å². The van der Waals surface area contributed by atoms with Crippen molar-refractivity contribution in [1.29, 1.82) is 0 Å². The summed E-state index contributed by atoms with van der Waals surface area (Å²) in [6.07, 6.45) is 3.43. The third kappa shape index (κ3) is 3.40. The van der Waals surface area contributed by atoms with Gasteiger partial charge in [-0.3, -0.25) is 4.79 Å². The Hall–Kier alpha value is -1.19. The molecule has 98 valence electrons. The van der Waals surface area contributed by atoms with E-state index in [0.29, 0.717) is 18.9 Å². The lowest BCUT2D eigenvalue weighted by Crippen LogP contribution is -2.19. The van der Waals surface area contributed by atoms with Crippen molar-refractivity contribution in [2.75, 3.05) is 19.8 Å². The maximum Gasteiger partial charge on any atom is 0.163 e. The minimum atomic E-state index is 0.256. The lowest BCUT2D eigenvalue weighted by molar-refractivity contribution is 0.0601. The largest absolute Gasteiger partial charge is 0.381 e. The highest BCUT2D eigenvalue weighted by molar-refractivity contribution is 5.97. The zero-order valence-corrected chi connectivity index (χ0v) is 10.7. The standard InChI is InChI=1S/C15H21NO2/c16-8-5-13-3-1-2-4-14(13)15(17)11-12-6-9-18-10-7-12/h1-4,12H,5-11,16H2. The topological polar surface area (TPSA) is 52.3 Å². The van der Waals surface area contributed by atoms with Crippen LogP contribution in [0, 0.1) is 5.92 Å². The molecule has 0 spiro atoms. The summed E-state index contributed by atoms with van der Waals surface area (Å²) in [7, 11) is 0. The number of ether oxygens (including phenoxy) is 1. The summed E-state index contributed by atoms with van der Waals surface area (Å²) in [5.41, 5.74) is 7.52. The van der Waals surface area contributed by atoms with Crippen LogP contribution in [0.1, 0.15) is 35.2 Å². The van der Waals surface area contributed by atoms with Gasteiger partial charge in [0.1, 0.15) is 0 Å². The van der Waals surface area contributed by atoms with E-state index in [1.54, 1.807) is 0 Å². The molecule has 3 heteroatoms. The predicted octanol–water partition coefficient (Wildman–Crippen LogP) is 2.19. The number of rotatable bonds is 5. The fourth-order valence-electron chi connectivity index (χ4n) is 2.49. The molecule has 1 fully saturated rings. The number of nitrogens with two attached hydrogens (primary N) is 1. The van der Waals surface area contributed by atoms with Crippen molar-refractivity contribution >= 4 is 5.78 Å². The summed E-state index contributed by atoms with van der Waals surface area (Å²) in [5.74, 6) is 0.739. The molecule has 1 aliphatic heterocycles. The average molecular weight is 247 g/mol. The van der Waals surface area contributed by atoms with Gasteiger partial charge in [-0.15, -0.1) is 0 Å². The van der Waals surface area contributed by atoms with Crippen LogP contribution in [-0.4, -0.2) is 25.5 Å². The smallest absolute Gasteiger partial charge is 0.163 e. The van der Waals surface area contributed by atoms with Crippen molar-refractivity contribution in [2.24, 2.45) is 11.7 Å². The molecule has 2 N–H and O–H groups in total. The molecule has 0 bridgehead atoms. The van der Waals surface area contributed by atoms with Crippen LogP contribution >= 0.6 is 0 Å². The van der Waals surface area contributed by atoms with Gasteiger partial charge >= 0.3 is 0 Å². The van der Waals surface area contributed by atoms with E-state index < -0.39 is 0 Å². The Bertz CT molecular complexity index is 397. The van der Waals surface area contributed by atoms with Crippen molar-refractivity contribution in [3.8, 4) is 0 Å². The Morgan fingerprint density at radius 3 is 2.72 bits per heavy atom. The summed E-state index contributed by atoms with van der Waals surface area (Å²) in [5, 5.41) is 0. The first-order chi connectivity index (χ1) is 8.81. The van der Waals surface area contributed by atoms with Crippen molar-refractivity contribution in [3.05, 3.63) is 35.4 Å². The normalized spacial score (nSPS) is 16.7. The lowest BCUT2D eigenvalue weighted by Gasteiger charge is -2.21. The second-order valence-electron chi connectivity index (χ2n) is 4.88. The van der Waals surface area contributed by atoms with Gasteiger partial charge in [0.25, 0.3) is 0 Å². The second kappa shape index (κ2) is 6.66. The van der Waals surface area contributed by atoms with Crippen molar-refractivity contribution in [1.82, 2.24) is 0 Å². The zero-order valence-electron chi connectivity index (χ0n) is 10.7. The fraction of sp³-hybridized carbons (Fsp3) is 0.533. The minimum Gasteiger partial charge on any atom is -0.381 e. The van der Waals surface area contributed by atoms with Gasteiger partial charge in [-0.25, -0.2) is 0 Å². The molecule has 0 unspecified atom stereocenters. The number of carbonyl (C=O) groups is 1. The van der Waals surface area contributed by atoms with E-state index >= 15 is 0 Å². The first-order valence-electron chi connectivity index (χ1n) is 6.70. The summed E-state index contributed by atoms with van der Waals surface area (Å²) < 4.78 is 5.32. The first kappa shape index (κ1) is 13.2. The fourth-order valence-corrected chi connectivity index (χ4v) is 2.49. The summed E-state index contributed by atoms with van der Waals surface area (Å²) >= 11 is 0. The van der Waals surface area contributed by atoms with Crippen LogP contribution in [-0.2, 0) is 11.2 Å². The van der Waals surface area contributed by atoms with Gasteiger partial charge in [0.15, 0.2) is 5.78 Å². The predicted molar refractivity (Wildman–Crippen MR) is 71.7 cm³/mol. The minimum absolute atomic E-state index is 0.256. The molecule has 0 amide bonds. The number of carbonyl (C=O) groups excluding carboxylic acids is 1. The van der Waals surface area contributed by atoms with E-state index in [1.165, 1.54) is 0 Å². The van der Waals surface area contributed by atoms with E-state index in [4.69, 9.17) is 10.5 Å². The summed E-state index contributed by atoms with van der Waals surface area (Å²) in [6, 6.07) is 7.82. The van der Waals surface area contributed by atoms with Crippen LogP contribution in [0.15, 0.2) is 24.3 Å². The number of benzene rings is 1. The van der Waals surface area contributed by atoms with Crippen LogP contribution in [0.2, 0.25) is 0 Å². The van der Waals surface area contributed by atoms with E-state index in [1.807, 2.05) is 24.3 Å². The molecular weight excluding hydrogens is 226 g/mol. The quantitative estimate of drug-likeness (QED) is 0.811. The van der Waals surface area contributed by atoms with Gasteiger partial charge in [-0.2, -0.15) is 0 Å². The summed E-state index contributed by atoms with van der Waals surface area (Å²) in [4.78, 5) is 12.3. The molecule has 1 aromatic carbocycles.